The van der Waals surface area contributed by atoms with Gasteiger partial charge in [0, 0.05) is 12.1 Å². The Hall–Kier alpha value is 1.90. The molecule has 0 rings (SSSR count). The van der Waals surface area contributed by atoms with Crippen LogP contribution in [0, 0.1) is 0 Å². The van der Waals surface area contributed by atoms with Gasteiger partial charge in [0.25, 0.3) is 0 Å². The minimum absolute atomic E-state index is 0. The van der Waals surface area contributed by atoms with Gasteiger partial charge in [-0.05, 0) is 0 Å². The van der Waals surface area contributed by atoms with Gasteiger partial charge in [0.2, 0.25) is 0 Å². The number of hydrogen-bond acceptors (Lipinski definition) is 1. The largest absolute Gasteiger partial charge is 2.00 e. The molecule has 0 unspecified atom stereocenters. The van der Waals surface area contributed by atoms with Crippen LogP contribution >= 0.6 is 0 Å². The molecule has 5 heteroatoms. The minimum atomic E-state index is 0. The molecule has 0 aliphatic rings. The summed E-state index contributed by atoms with van der Waals surface area (Å²) in [4.78, 5) is 0. The molecule has 0 heterocycles. The van der Waals surface area contributed by atoms with Gasteiger partial charge in [-0.15, -0.1) is 0 Å². The first-order valence-electron chi connectivity index (χ1n) is 2.89. The molecule has 11 heavy (non-hydrogen) atoms. The molecule has 0 aromatic rings. The summed E-state index contributed by atoms with van der Waals surface area (Å²) in [6.07, 6.45) is 0. The van der Waals surface area contributed by atoms with Crippen molar-refractivity contribution in [2.45, 2.75) is 39.8 Å². The van der Waals surface area contributed by atoms with E-state index in [0.717, 1.165) is 0 Å². The predicted molar refractivity (Wildman–Crippen MR) is 39.2 cm³/mol. The SMILES string of the molecule is CC(C)NC(C)C.[Cl-].[Cl-].[Li+].[Mg+2]. The second-order valence-electron chi connectivity index (χ2n) is 2.48. The van der Waals surface area contributed by atoms with E-state index < -0.39 is 0 Å². The van der Waals surface area contributed by atoms with Crippen LogP contribution in [0.1, 0.15) is 27.7 Å². The van der Waals surface area contributed by atoms with Crippen molar-refractivity contribution in [2.75, 3.05) is 0 Å². The first-order chi connectivity index (χ1) is 3.13. The van der Waals surface area contributed by atoms with Crippen LogP contribution in [0.3, 0.4) is 0 Å². The van der Waals surface area contributed by atoms with E-state index in [2.05, 4.69) is 33.0 Å². The molecule has 0 spiro atoms. The zero-order valence-electron chi connectivity index (χ0n) is 8.12. The maximum Gasteiger partial charge on any atom is 2.00 e. The maximum atomic E-state index is 3.31. The summed E-state index contributed by atoms with van der Waals surface area (Å²) in [7, 11) is 0. The smallest absolute Gasteiger partial charge is 1.00 e. The Labute approximate surface area is 111 Å². The van der Waals surface area contributed by atoms with Crippen molar-refractivity contribution in [2.24, 2.45) is 0 Å². The van der Waals surface area contributed by atoms with E-state index >= 15 is 0 Å². The second-order valence-corrected chi connectivity index (χ2v) is 2.48. The molecule has 60 valence electrons. The van der Waals surface area contributed by atoms with Gasteiger partial charge in [0.15, 0.2) is 0 Å². The van der Waals surface area contributed by atoms with Crippen LogP contribution in [0.25, 0.3) is 0 Å². The summed E-state index contributed by atoms with van der Waals surface area (Å²) in [5, 5.41) is 3.31. The molecule has 0 saturated heterocycles. The van der Waals surface area contributed by atoms with E-state index in [1.165, 1.54) is 0 Å². The molecule has 1 N–H and O–H groups in total. The average molecular weight is 203 g/mol. The Balaban J connectivity index is -0.0000000300. The molecule has 0 aromatic carbocycles. The molecule has 1 nitrogen and oxygen atoms in total. The molecule has 0 fully saturated rings. The van der Waals surface area contributed by atoms with Crippen LogP contribution in [0.5, 0.6) is 0 Å². The molecule has 0 aliphatic carbocycles. The minimum Gasteiger partial charge on any atom is -1.00 e. The molecule has 0 bridgehead atoms. The molecule has 0 aliphatic heterocycles. The second kappa shape index (κ2) is 17.9. The maximum absolute atomic E-state index is 3.31. The average Bonchev–Trinajstić information content (AvgIpc) is 1.27. The van der Waals surface area contributed by atoms with Crippen molar-refractivity contribution < 1.29 is 43.7 Å². The van der Waals surface area contributed by atoms with E-state index in [1.807, 2.05) is 0 Å². The summed E-state index contributed by atoms with van der Waals surface area (Å²) in [6.45, 7) is 8.61. The molecule has 0 aromatic heterocycles. The molecule has 0 radical (unpaired) electrons. The Morgan fingerprint density at radius 2 is 1.00 bits per heavy atom. The van der Waals surface area contributed by atoms with Crippen LogP contribution in [-0.4, -0.2) is 35.1 Å². The van der Waals surface area contributed by atoms with Crippen molar-refractivity contribution in [3.8, 4) is 0 Å². The molecular formula is C6H15Cl2LiMgN+. The molecule has 0 amide bonds. The van der Waals surface area contributed by atoms with E-state index in [0.29, 0.717) is 12.1 Å². The van der Waals surface area contributed by atoms with E-state index in [9.17, 15) is 0 Å². The summed E-state index contributed by atoms with van der Waals surface area (Å²) < 4.78 is 0. The first-order valence-corrected chi connectivity index (χ1v) is 2.89. The first kappa shape index (κ1) is 29.3. The molecule has 0 saturated carbocycles. The van der Waals surface area contributed by atoms with Crippen molar-refractivity contribution >= 4 is 23.1 Å². The third kappa shape index (κ3) is 33.5. The van der Waals surface area contributed by atoms with Gasteiger partial charge in [-0.3, -0.25) is 0 Å². The third-order valence-electron chi connectivity index (χ3n) is 0.667. The Morgan fingerprint density at radius 1 is 0.818 bits per heavy atom. The van der Waals surface area contributed by atoms with Gasteiger partial charge in [0.1, 0.15) is 0 Å². The fraction of sp³-hybridized carbons (Fsp3) is 1.00. The normalized spacial score (nSPS) is 7.09. The topological polar surface area (TPSA) is 12.0 Å². The number of nitrogens with one attached hydrogen (secondary N) is 1. The fourth-order valence-electron chi connectivity index (χ4n) is 0.667. The predicted octanol–water partition coefficient (Wildman–Crippen LogP) is -7.98. The molecule has 0 atom stereocenters. The van der Waals surface area contributed by atoms with Crippen molar-refractivity contribution in [1.29, 1.82) is 0 Å². The van der Waals surface area contributed by atoms with Gasteiger partial charge in [0.05, 0.1) is 0 Å². The van der Waals surface area contributed by atoms with Gasteiger partial charge in [-0.1, -0.05) is 27.7 Å². The number of hydrogen-bond donors (Lipinski definition) is 1. The zero-order chi connectivity index (χ0) is 5.86. The van der Waals surface area contributed by atoms with Gasteiger partial charge >= 0.3 is 41.9 Å². The third-order valence-corrected chi connectivity index (χ3v) is 0.667. The summed E-state index contributed by atoms with van der Waals surface area (Å²) in [5.74, 6) is 0. The summed E-state index contributed by atoms with van der Waals surface area (Å²) >= 11 is 0. The van der Waals surface area contributed by atoms with Crippen molar-refractivity contribution in [3.63, 3.8) is 0 Å². The van der Waals surface area contributed by atoms with Crippen LogP contribution in [0.4, 0.5) is 0 Å². The summed E-state index contributed by atoms with van der Waals surface area (Å²) in [6, 6.07) is 1.25. The Kier molecular flexibility index (Phi) is 47.5. The van der Waals surface area contributed by atoms with Crippen molar-refractivity contribution in [1.82, 2.24) is 5.32 Å². The monoisotopic (exact) mass is 202 g/mol. The summed E-state index contributed by atoms with van der Waals surface area (Å²) in [5.41, 5.74) is 0. The Morgan fingerprint density at radius 3 is 1.00 bits per heavy atom. The van der Waals surface area contributed by atoms with Crippen LogP contribution in [0.2, 0.25) is 0 Å². The Bertz CT molecular complexity index is 49.8. The standard InChI is InChI=1S/C6H15N.2ClH.Li.Mg/c1-5(2)7-6(3)4;;;;/h5-7H,1-4H3;2*1H;;/q;;;+1;+2/p-2. The number of rotatable bonds is 2. The fourth-order valence-corrected chi connectivity index (χ4v) is 0.667. The van der Waals surface area contributed by atoms with Crippen LogP contribution in [0.15, 0.2) is 0 Å². The van der Waals surface area contributed by atoms with Crippen LogP contribution in [-0.2, 0) is 0 Å². The quantitative estimate of drug-likeness (QED) is 0.440. The van der Waals surface area contributed by atoms with E-state index in [-0.39, 0.29) is 66.7 Å². The van der Waals surface area contributed by atoms with E-state index in [1.54, 1.807) is 0 Å². The van der Waals surface area contributed by atoms with Gasteiger partial charge in [-0.2, -0.15) is 0 Å². The zero-order valence-corrected chi connectivity index (χ0v) is 11.0. The van der Waals surface area contributed by atoms with E-state index in [4.69, 9.17) is 0 Å². The molecular weight excluding hydrogens is 188 g/mol. The van der Waals surface area contributed by atoms with Gasteiger partial charge in [-0.25, -0.2) is 0 Å². The van der Waals surface area contributed by atoms with Crippen LogP contribution < -0.4 is 49.0 Å². The number of halogens is 2. The van der Waals surface area contributed by atoms with Crippen molar-refractivity contribution in [3.05, 3.63) is 0 Å². The van der Waals surface area contributed by atoms with Gasteiger partial charge < -0.3 is 30.1 Å².